The fourth-order valence-electron chi connectivity index (χ4n) is 3.46. The lowest BCUT2D eigenvalue weighted by Crippen LogP contribution is -2.43. The topological polar surface area (TPSA) is 63.0 Å². The molecule has 0 radical (unpaired) electrons. The standard InChI is InChI=1S/C22H28N2O4/c1-16(2)18-8-4-5-9-19(18)28-17(3)21(25)23-11-7-12-24(14-13-23)22(26)20-10-6-15-27-20/h4-6,8-10,15-17H,7,11-14H2,1-3H3. The summed E-state index contributed by atoms with van der Waals surface area (Å²) < 4.78 is 11.2. The number of hydrogen-bond acceptors (Lipinski definition) is 4. The van der Waals surface area contributed by atoms with E-state index in [1.807, 2.05) is 24.3 Å². The van der Waals surface area contributed by atoms with Crippen LogP contribution in [0, 0.1) is 0 Å². The molecule has 0 N–H and O–H groups in total. The van der Waals surface area contributed by atoms with Crippen LogP contribution >= 0.6 is 0 Å². The molecule has 0 bridgehead atoms. The van der Waals surface area contributed by atoms with Crippen molar-refractivity contribution in [3.63, 3.8) is 0 Å². The second-order valence-corrected chi connectivity index (χ2v) is 7.40. The number of hydrogen-bond donors (Lipinski definition) is 0. The Bertz CT molecular complexity index is 801. The zero-order chi connectivity index (χ0) is 20.1. The SMILES string of the molecule is CC(Oc1ccccc1C(C)C)C(=O)N1CCCN(C(=O)c2ccco2)CC1. The summed E-state index contributed by atoms with van der Waals surface area (Å²) in [5, 5.41) is 0. The Balaban J connectivity index is 1.61. The second kappa shape index (κ2) is 8.95. The first-order valence-corrected chi connectivity index (χ1v) is 9.84. The minimum Gasteiger partial charge on any atom is -0.481 e. The molecule has 0 saturated carbocycles. The van der Waals surface area contributed by atoms with Gasteiger partial charge in [-0.1, -0.05) is 32.0 Å². The van der Waals surface area contributed by atoms with E-state index in [-0.39, 0.29) is 11.8 Å². The van der Waals surface area contributed by atoms with Crippen LogP contribution in [0.3, 0.4) is 0 Å². The summed E-state index contributed by atoms with van der Waals surface area (Å²) in [7, 11) is 0. The van der Waals surface area contributed by atoms with Gasteiger partial charge in [-0.3, -0.25) is 9.59 Å². The predicted octanol–water partition coefficient (Wildman–Crippen LogP) is 3.55. The summed E-state index contributed by atoms with van der Waals surface area (Å²) in [4.78, 5) is 28.9. The normalized spacial score (nSPS) is 16.0. The van der Waals surface area contributed by atoms with Gasteiger partial charge >= 0.3 is 0 Å². The Kier molecular flexibility index (Phi) is 6.39. The van der Waals surface area contributed by atoms with Gasteiger partial charge in [0, 0.05) is 26.2 Å². The highest BCUT2D eigenvalue weighted by Gasteiger charge is 2.27. The molecular weight excluding hydrogens is 356 g/mol. The van der Waals surface area contributed by atoms with Crippen molar-refractivity contribution in [3.8, 4) is 5.75 Å². The predicted molar refractivity (Wildman–Crippen MR) is 106 cm³/mol. The number of para-hydroxylation sites is 1. The maximum Gasteiger partial charge on any atom is 0.289 e. The van der Waals surface area contributed by atoms with Crippen LogP contribution in [0.4, 0.5) is 0 Å². The molecule has 6 nitrogen and oxygen atoms in total. The Hall–Kier alpha value is -2.76. The van der Waals surface area contributed by atoms with Crippen LogP contribution in [0.2, 0.25) is 0 Å². The molecule has 2 heterocycles. The van der Waals surface area contributed by atoms with Crippen LogP contribution in [0.25, 0.3) is 0 Å². The molecule has 150 valence electrons. The number of carbonyl (C=O) groups is 2. The largest absolute Gasteiger partial charge is 0.481 e. The summed E-state index contributed by atoms with van der Waals surface area (Å²) in [6.07, 6.45) is 1.65. The van der Waals surface area contributed by atoms with Gasteiger partial charge in [0.15, 0.2) is 11.9 Å². The summed E-state index contributed by atoms with van der Waals surface area (Å²) in [5.74, 6) is 1.22. The van der Waals surface area contributed by atoms with Crippen LogP contribution in [0.1, 0.15) is 49.2 Å². The van der Waals surface area contributed by atoms with Crippen molar-refractivity contribution >= 4 is 11.8 Å². The van der Waals surface area contributed by atoms with Crippen molar-refractivity contribution in [2.45, 2.75) is 39.2 Å². The number of furan rings is 1. The molecule has 2 amide bonds. The highest BCUT2D eigenvalue weighted by molar-refractivity contribution is 5.91. The molecule has 1 atom stereocenters. The molecule has 1 fully saturated rings. The van der Waals surface area contributed by atoms with Gasteiger partial charge < -0.3 is 19.0 Å². The first kappa shape index (κ1) is 20.0. The molecule has 1 aliphatic heterocycles. The van der Waals surface area contributed by atoms with Gasteiger partial charge in [0.05, 0.1) is 6.26 Å². The van der Waals surface area contributed by atoms with E-state index in [2.05, 4.69) is 13.8 Å². The lowest BCUT2D eigenvalue weighted by molar-refractivity contribution is -0.137. The Morgan fingerprint density at radius 3 is 2.39 bits per heavy atom. The highest BCUT2D eigenvalue weighted by atomic mass is 16.5. The molecule has 3 rings (SSSR count). The monoisotopic (exact) mass is 384 g/mol. The van der Waals surface area contributed by atoms with Crippen molar-refractivity contribution in [1.82, 2.24) is 9.80 Å². The van der Waals surface area contributed by atoms with E-state index in [0.29, 0.717) is 37.9 Å². The third kappa shape index (κ3) is 4.55. The maximum absolute atomic E-state index is 12.9. The van der Waals surface area contributed by atoms with Crippen molar-refractivity contribution in [1.29, 1.82) is 0 Å². The lowest BCUT2D eigenvalue weighted by atomic mass is 10.0. The zero-order valence-corrected chi connectivity index (χ0v) is 16.8. The van der Waals surface area contributed by atoms with E-state index in [0.717, 1.165) is 17.7 Å². The zero-order valence-electron chi connectivity index (χ0n) is 16.8. The molecule has 1 aliphatic rings. The first-order valence-electron chi connectivity index (χ1n) is 9.84. The van der Waals surface area contributed by atoms with E-state index >= 15 is 0 Å². The molecule has 1 unspecified atom stereocenters. The molecule has 2 aromatic rings. The first-order chi connectivity index (χ1) is 13.5. The quantitative estimate of drug-likeness (QED) is 0.791. The minimum atomic E-state index is -0.577. The van der Waals surface area contributed by atoms with Crippen molar-refractivity contribution in [3.05, 3.63) is 54.0 Å². The van der Waals surface area contributed by atoms with Crippen molar-refractivity contribution in [2.24, 2.45) is 0 Å². The van der Waals surface area contributed by atoms with Gasteiger partial charge in [0.1, 0.15) is 5.75 Å². The van der Waals surface area contributed by atoms with Crippen LogP contribution in [0.15, 0.2) is 47.1 Å². The summed E-state index contributed by atoms with van der Waals surface area (Å²) in [6, 6.07) is 11.2. The third-order valence-corrected chi connectivity index (χ3v) is 5.02. The number of rotatable bonds is 5. The van der Waals surface area contributed by atoms with Crippen LogP contribution in [0.5, 0.6) is 5.75 Å². The molecule has 1 saturated heterocycles. The molecule has 1 aromatic carbocycles. The average molecular weight is 384 g/mol. The van der Waals surface area contributed by atoms with E-state index in [4.69, 9.17) is 9.15 Å². The van der Waals surface area contributed by atoms with Gasteiger partial charge in [0.2, 0.25) is 0 Å². The second-order valence-electron chi connectivity index (χ2n) is 7.40. The molecular formula is C22H28N2O4. The van der Waals surface area contributed by atoms with Gasteiger partial charge in [-0.05, 0) is 43.0 Å². The maximum atomic E-state index is 12.9. The minimum absolute atomic E-state index is 0.0501. The van der Waals surface area contributed by atoms with E-state index in [1.54, 1.807) is 28.9 Å². The molecule has 0 spiro atoms. The van der Waals surface area contributed by atoms with E-state index < -0.39 is 6.10 Å². The average Bonchev–Trinajstić information content (AvgIpc) is 3.11. The van der Waals surface area contributed by atoms with Crippen molar-refractivity contribution < 1.29 is 18.7 Å². The fourth-order valence-corrected chi connectivity index (χ4v) is 3.46. The van der Waals surface area contributed by atoms with Crippen LogP contribution in [-0.4, -0.2) is 53.9 Å². The Morgan fingerprint density at radius 2 is 1.68 bits per heavy atom. The Labute approximate surface area is 166 Å². The van der Waals surface area contributed by atoms with E-state index in [9.17, 15) is 9.59 Å². The fraction of sp³-hybridized carbons (Fsp3) is 0.455. The molecule has 6 heteroatoms. The molecule has 28 heavy (non-hydrogen) atoms. The third-order valence-electron chi connectivity index (χ3n) is 5.02. The van der Waals surface area contributed by atoms with Gasteiger partial charge in [-0.25, -0.2) is 0 Å². The molecule has 0 aliphatic carbocycles. The summed E-state index contributed by atoms with van der Waals surface area (Å²) in [5.41, 5.74) is 1.09. The summed E-state index contributed by atoms with van der Waals surface area (Å²) >= 11 is 0. The van der Waals surface area contributed by atoms with Crippen molar-refractivity contribution in [2.75, 3.05) is 26.2 Å². The number of nitrogens with zero attached hydrogens (tertiary/aromatic N) is 2. The highest BCUT2D eigenvalue weighted by Crippen LogP contribution is 2.27. The number of benzene rings is 1. The van der Waals surface area contributed by atoms with E-state index in [1.165, 1.54) is 6.26 Å². The van der Waals surface area contributed by atoms with Gasteiger partial charge in [0.25, 0.3) is 11.8 Å². The Morgan fingerprint density at radius 1 is 0.964 bits per heavy atom. The number of carbonyl (C=O) groups excluding carboxylic acids is 2. The number of amides is 2. The van der Waals surface area contributed by atoms with Crippen LogP contribution < -0.4 is 4.74 Å². The summed E-state index contributed by atoms with van der Waals surface area (Å²) in [6.45, 7) is 8.19. The van der Waals surface area contributed by atoms with Gasteiger partial charge in [-0.2, -0.15) is 0 Å². The van der Waals surface area contributed by atoms with Crippen LogP contribution in [-0.2, 0) is 4.79 Å². The smallest absolute Gasteiger partial charge is 0.289 e. The lowest BCUT2D eigenvalue weighted by Gasteiger charge is -2.26. The van der Waals surface area contributed by atoms with Gasteiger partial charge in [-0.15, -0.1) is 0 Å². The number of ether oxygens (including phenoxy) is 1. The molecule has 1 aromatic heterocycles.